The SMILES string of the molecule is CO[C@H]1O[C@H](CO)[C@@H](OCCCC[C@@H](N)CSCCO[C@H]2O[C@H](CO)[C@@H](O[C@H]3O[C@H](CO)[C@@H](O[C@H]4O[C@H](CO)[C@@H](O)[C@H](O)[C@H]4O)[C@H](O)[C@H]3O)[C@H](O)[C@H]2O)[C@H](O)[C@H]1O. The van der Waals surface area contributed by atoms with Gasteiger partial charge in [0.15, 0.2) is 25.2 Å². The van der Waals surface area contributed by atoms with Gasteiger partial charge in [-0.05, 0) is 19.3 Å². The second-order valence-electron chi connectivity index (χ2n) is 14.3. The van der Waals surface area contributed by atoms with Gasteiger partial charge in [-0.15, -0.1) is 0 Å². The lowest BCUT2D eigenvalue weighted by Crippen LogP contribution is -2.66. The van der Waals surface area contributed by atoms with E-state index in [9.17, 15) is 66.4 Å². The standard InChI is InChI=1S/C33H61NO22S/c1-48-30-24(45)20(41)27(15(9-36)52-30)49-5-3-2-4-13(34)12-57-7-6-50-31-25(46)21(42)28(16(10-37)53-31)56-33-26(47)22(43)29(17(11-38)54-33)55-32-23(44)19(40)18(39)14(8-35)51-32/h13-33,35-47H,2-12,34H2,1H3/t13-,14-,15-,16-,17-,18-,19+,20-,21-,22-,23-,24-,25-,26-,27-,28-,29-,30+,31+,32-,33-/m1/s1. The van der Waals surface area contributed by atoms with Crippen molar-refractivity contribution in [2.45, 2.75) is 148 Å². The van der Waals surface area contributed by atoms with Gasteiger partial charge in [-0.1, -0.05) is 0 Å². The number of aliphatic hydroxyl groups is 13. The fraction of sp³-hybridized carbons (Fsp3) is 1.00. The molecule has 0 aromatic rings. The second kappa shape index (κ2) is 23.6. The van der Waals surface area contributed by atoms with Gasteiger partial charge in [0.2, 0.25) is 0 Å². The molecule has 0 unspecified atom stereocenters. The summed E-state index contributed by atoms with van der Waals surface area (Å²) >= 11 is 1.46. The molecule has 15 N–H and O–H groups in total. The molecule has 4 aliphatic rings. The van der Waals surface area contributed by atoms with Gasteiger partial charge in [-0.2, -0.15) is 11.8 Å². The normalized spacial score (nSPS) is 44.9. The minimum Gasteiger partial charge on any atom is -0.394 e. The van der Waals surface area contributed by atoms with Crippen molar-refractivity contribution in [1.82, 2.24) is 0 Å². The number of nitrogens with two attached hydrogens (primary N) is 1. The number of methoxy groups -OCH3 is 1. The van der Waals surface area contributed by atoms with E-state index in [1.165, 1.54) is 18.9 Å². The number of thioether (sulfide) groups is 1. The van der Waals surface area contributed by atoms with Crippen LogP contribution in [0.4, 0.5) is 0 Å². The Labute approximate surface area is 332 Å². The van der Waals surface area contributed by atoms with Crippen LogP contribution in [0, 0.1) is 0 Å². The van der Waals surface area contributed by atoms with E-state index in [1.807, 2.05) is 0 Å². The van der Waals surface area contributed by atoms with E-state index in [1.54, 1.807) is 0 Å². The van der Waals surface area contributed by atoms with Crippen LogP contribution in [0.1, 0.15) is 19.3 Å². The lowest BCUT2D eigenvalue weighted by atomic mass is 9.96. The third-order valence-corrected chi connectivity index (χ3v) is 11.4. The first-order valence-corrected chi connectivity index (χ1v) is 20.0. The summed E-state index contributed by atoms with van der Waals surface area (Å²) in [5.41, 5.74) is 6.23. The molecule has 4 saturated heterocycles. The van der Waals surface area contributed by atoms with Gasteiger partial charge in [0.05, 0.1) is 33.0 Å². The molecule has 4 rings (SSSR count). The van der Waals surface area contributed by atoms with E-state index in [0.29, 0.717) is 30.8 Å². The highest BCUT2D eigenvalue weighted by molar-refractivity contribution is 7.99. The topological polar surface area (TPSA) is 372 Å². The van der Waals surface area contributed by atoms with Crippen molar-refractivity contribution in [3.05, 3.63) is 0 Å². The number of hydrogen-bond donors (Lipinski definition) is 14. The Morgan fingerprint density at radius 1 is 0.509 bits per heavy atom. The highest BCUT2D eigenvalue weighted by Crippen LogP contribution is 2.33. The van der Waals surface area contributed by atoms with Gasteiger partial charge in [-0.25, -0.2) is 0 Å². The lowest BCUT2D eigenvalue weighted by molar-refractivity contribution is -0.379. The molecular formula is C33H61NO22S. The Kier molecular flexibility index (Phi) is 20.3. The van der Waals surface area contributed by atoms with Gasteiger partial charge in [0.1, 0.15) is 97.7 Å². The fourth-order valence-electron chi connectivity index (χ4n) is 6.90. The molecule has 57 heavy (non-hydrogen) atoms. The Morgan fingerprint density at radius 2 is 0.965 bits per heavy atom. The summed E-state index contributed by atoms with van der Waals surface area (Å²) in [5, 5.41) is 133. The van der Waals surface area contributed by atoms with Crippen LogP contribution in [-0.2, 0) is 42.6 Å². The minimum absolute atomic E-state index is 0.0571. The zero-order valence-electron chi connectivity index (χ0n) is 31.4. The van der Waals surface area contributed by atoms with Crippen molar-refractivity contribution in [1.29, 1.82) is 0 Å². The first-order chi connectivity index (χ1) is 27.2. The highest BCUT2D eigenvalue weighted by atomic mass is 32.2. The summed E-state index contributed by atoms with van der Waals surface area (Å²) in [6, 6.07) is -0.182. The first kappa shape index (κ1) is 49.1. The predicted molar refractivity (Wildman–Crippen MR) is 189 cm³/mol. The quantitative estimate of drug-likeness (QED) is 0.0477. The third kappa shape index (κ3) is 12.3. The fourth-order valence-corrected chi connectivity index (χ4v) is 7.75. The molecule has 24 heteroatoms. The lowest BCUT2D eigenvalue weighted by Gasteiger charge is -2.48. The van der Waals surface area contributed by atoms with Gasteiger partial charge >= 0.3 is 0 Å². The van der Waals surface area contributed by atoms with Gasteiger partial charge in [0, 0.05) is 31.3 Å². The number of rotatable bonds is 21. The largest absolute Gasteiger partial charge is 0.394 e. The summed E-state index contributed by atoms with van der Waals surface area (Å²) in [6.45, 7) is -2.48. The molecule has 23 nitrogen and oxygen atoms in total. The molecule has 0 bridgehead atoms. The van der Waals surface area contributed by atoms with Crippen LogP contribution in [0.2, 0.25) is 0 Å². The summed E-state index contributed by atoms with van der Waals surface area (Å²) in [7, 11) is 1.31. The molecule has 21 atom stereocenters. The molecule has 4 aliphatic heterocycles. The molecule has 0 saturated carbocycles. The average molecular weight is 856 g/mol. The van der Waals surface area contributed by atoms with E-state index in [2.05, 4.69) is 0 Å². The van der Waals surface area contributed by atoms with Crippen LogP contribution in [0.25, 0.3) is 0 Å². The smallest absolute Gasteiger partial charge is 0.187 e. The van der Waals surface area contributed by atoms with E-state index < -0.39 is 149 Å². The van der Waals surface area contributed by atoms with E-state index in [4.69, 9.17) is 48.4 Å². The van der Waals surface area contributed by atoms with Crippen molar-refractivity contribution in [2.24, 2.45) is 5.73 Å². The predicted octanol–water partition coefficient (Wildman–Crippen LogP) is -7.85. The molecule has 0 spiro atoms. The van der Waals surface area contributed by atoms with Crippen molar-refractivity contribution in [3.63, 3.8) is 0 Å². The molecule has 0 aromatic heterocycles. The molecule has 0 amide bonds. The van der Waals surface area contributed by atoms with Crippen LogP contribution < -0.4 is 5.73 Å². The summed E-state index contributed by atoms with van der Waals surface area (Å²) in [4.78, 5) is 0. The Morgan fingerprint density at radius 3 is 1.53 bits per heavy atom. The maximum absolute atomic E-state index is 10.9. The molecule has 0 aliphatic carbocycles. The second-order valence-corrected chi connectivity index (χ2v) is 15.4. The monoisotopic (exact) mass is 855 g/mol. The van der Waals surface area contributed by atoms with Crippen LogP contribution in [0.3, 0.4) is 0 Å². The maximum atomic E-state index is 10.9. The Bertz CT molecular complexity index is 1130. The number of unbranched alkanes of at least 4 members (excludes halogenated alkanes) is 1. The zero-order chi connectivity index (χ0) is 42.0. The van der Waals surface area contributed by atoms with E-state index in [-0.39, 0.29) is 19.3 Å². The molecule has 4 heterocycles. The minimum atomic E-state index is -1.94. The molecular weight excluding hydrogens is 794 g/mol. The summed E-state index contributed by atoms with van der Waals surface area (Å²) < 4.78 is 49.5. The van der Waals surface area contributed by atoms with Crippen LogP contribution in [0.5, 0.6) is 0 Å². The third-order valence-electron chi connectivity index (χ3n) is 10.2. The molecule has 0 radical (unpaired) electrons. The summed E-state index contributed by atoms with van der Waals surface area (Å²) in [5.74, 6) is 0.978. The highest BCUT2D eigenvalue weighted by Gasteiger charge is 2.53. The van der Waals surface area contributed by atoms with Crippen LogP contribution in [-0.4, -0.2) is 254 Å². The van der Waals surface area contributed by atoms with Crippen molar-refractivity contribution in [2.75, 3.05) is 58.3 Å². The van der Waals surface area contributed by atoms with Crippen LogP contribution >= 0.6 is 11.8 Å². The van der Waals surface area contributed by atoms with E-state index >= 15 is 0 Å². The average Bonchev–Trinajstić information content (AvgIpc) is 3.21. The maximum Gasteiger partial charge on any atom is 0.187 e. The number of hydrogen-bond acceptors (Lipinski definition) is 24. The van der Waals surface area contributed by atoms with Crippen molar-refractivity contribution < 1.29 is 109 Å². The molecule has 4 fully saturated rings. The summed E-state index contributed by atoms with van der Waals surface area (Å²) in [6.07, 6.45) is -28.4. The van der Waals surface area contributed by atoms with Gasteiger partial charge in [-0.3, -0.25) is 0 Å². The zero-order valence-corrected chi connectivity index (χ0v) is 32.2. The molecule has 336 valence electrons. The first-order valence-electron chi connectivity index (χ1n) is 18.8. The number of ether oxygens (including phenoxy) is 9. The van der Waals surface area contributed by atoms with Crippen molar-refractivity contribution in [3.8, 4) is 0 Å². The van der Waals surface area contributed by atoms with E-state index in [0.717, 1.165) is 0 Å². The van der Waals surface area contributed by atoms with Gasteiger partial charge in [0.25, 0.3) is 0 Å². The number of aliphatic hydroxyl groups excluding tert-OH is 13. The molecule has 0 aromatic carbocycles. The van der Waals surface area contributed by atoms with Crippen molar-refractivity contribution >= 4 is 11.8 Å². The van der Waals surface area contributed by atoms with Gasteiger partial charge < -0.3 is 115 Å². The Balaban J connectivity index is 1.17. The Hall–Kier alpha value is -0.570. The van der Waals surface area contributed by atoms with Crippen LogP contribution in [0.15, 0.2) is 0 Å².